The summed E-state index contributed by atoms with van der Waals surface area (Å²) in [5.41, 5.74) is 2.90. The third kappa shape index (κ3) is 4.31. The molecule has 1 fully saturated rings. The molecule has 0 aliphatic carbocycles. The molecule has 7 nitrogen and oxygen atoms in total. The lowest BCUT2D eigenvalue weighted by Gasteiger charge is -2.29. The van der Waals surface area contributed by atoms with Gasteiger partial charge >= 0.3 is 5.97 Å². The number of pyridine rings is 1. The number of nitrogens with one attached hydrogen (secondary N) is 1. The Morgan fingerprint density at radius 1 is 1.12 bits per heavy atom. The minimum absolute atomic E-state index is 0.116. The molecule has 1 N–H and O–H groups in total. The zero-order chi connectivity index (χ0) is 22.5. The SMILES string of the molecule is COC(=O)CCCN1C(=S)NC(c2ccccn2)C1c1cccn1-c1ccccc1OC. The van der Waals surface area contributed by atoms with Gasteiger partial charge in [0.15, 0.2) is 5.11 Å². The van der Waals surface area contributed by atoms with E-state index in [2.05, 4.69) is 25.8 Å². The molecular weight excluding hydrogens is 424 g/mol. The molecule has 0 bridgehead atoms. The molecule has 1 aliphatic rings. The number of hydrogen-bond donors (Lipinski definition) is 1. The molecule has 0 spiro atoms. The van der Waals surface area contributed by atoms with Gasteiger partial charge in [0.2, 0.25) is 0 Å². The van der Waals surface area contributed by atoms with Crippen LogP contribution in [0, 0.1) is 0 Å². The monoisotopic (exact) mass is 450 g/mol. The first-order valence-corrected chi connectivity index (χ1v) is 10.9. The van der Waals surface area contributed by atoms with Crippen LogP contribution in [0.1, 0.15) is 36.3 Å². The standard InChI is InChI=1S/C24H26N4O3S/c1-30-20-12-4-3-10-18(20)27-15-7-11-19(27)23-22(17-9-5-6-14-25-17)26-24(32)28(23)16-8-13-21(29)31-2/h3-7,9-12,14-15,22-23H,8,13,16H2,1-2H3,(H,26,32). The van der Waals surface area contributed by atoms with Crippen molar-refractivity contribution in [1.82, 2.24) is 19.8 Å². The summed E-state index contributed by atoms with van der Waals surface area (Å²) < 4.78 is 12.5. The quantitative estimate of drug-likeness (QED) is 0.413. The summed E-state index contributed by atoms with van der Waals surface area (Å²) in [5.74, 6) is 0.559. The van der Waals surface area contributed by atoms with Crippen LogP contribution < -0.4 is 10.1 Å². The molecule has 32 heavy (non-hydrogen) atoms. The molecule has 1 saturated heterocycles. The molecular formula is C24H26N4O3S. The van der Waals surface area contributed by atoms with Gasteiger partial charge in [-0.25, -0.2) is 0 Å². The molecule has 1 aliphatic heterocycles. The Hall–Kier alpha value is -3.39. The molecule has 3 heterocycles. The highest BCUT2D eigenvalue weighted by Crippen LogP contribution is 2.40. The van der Waals surface area contributed by atoms with E-state index in [1.807, 2.05) is 54.7 Å². The Bertz CT molecular complexity index is 1090. The van der Waals surface area contributed by atoms with Crippen LogP contribution in [0.3, 0.4) is 0 Å². The Morgan fingerprint density at radius 2 is 1.94 bits per heavy atom. The number of ether oxygens (including phenoxy) is 2. The minimum Gasteiger partial charge on any atom is -0.495 e. The summed E-state index contributed by atoms with van der Waals surface area (Å²) >= 11 is 5.72. The normalized spacial score (nSPS) is 17.8. The molecule has 2 aromatic heterocycles. The van der Waals surface area contributed by atoms with Gasteiger partial charge in [0.25, 0.3) is 0 Å². The van der Waals surface area contributed by atoms with E-state index in [0.717, 1.165) is 22.8 Å². The lowest BCUT2D eigenvalue weighted by molar-refractivity contribution is -0.140. The summed E-state index contributed by atoms with van der Waals surface area (Å²) in [7, 11) is 3.08. The van der Waals surface area contributed by atoms with Crippen LogP contribution >= 0.6 is 12.2 Å². The topological polar surface area (TPSA) is 68.6 Å². The first kappa shape index (κ1) is 21.8. The number of carbonyl (C=O) groups excluding carboxylic acids is 1. The van der Waals surface area contributed by atoms with Crippen LogP contribution in [0.5, 0.6) is 5.75 Å². The predicted octanol–water partition coefficient (Wildman–Crippen LogP) is 3.81. The van der Waals surface area contributed by atoms with Gasteiger partial charge in [0.1, 0.15) is 5.75 Å². The Kier molecular flexibility index (Phi) is 6.70. The van der Waals surface area contributed by atoms with E-state index in [1.165, 1.54) is 7.11 Å². The van der Waals surface area contributed by atoms with Crippen LogP contribution in [0.2, 0.25) is 0 Å². The number of para-hydroxylation sites is 2. The van der Waals surface area contributed by atoms with E-state index in [0.29, 0.717) is 24.5 Å². The molecule has 1 aromatic carbocycles. The van der Waals surface area contributed by atoms with Crippen molar-refractivity contribution in [3.8, 4) is 11.4 Å². The number of methoxy groups -OCH3 is 2. The number of carbonyl (C=O) groups is 1. The van der Waals surface area contributed by atoms with Gasteiger partial charge in [0, 0.05) is 31.1 Å². The largest absolute Gasteiger partial charge is 0.495 e. The van der Waals surface area contributed by atoms with Crippen LogP contribution in [0.4, 0.5) is 0 Å². The lowest BCUT2D eigenvalue weighted by Crippen LogP contribution is -2.31. The Morgan fingerprint density at radius 3 is 2.69 bits per heavy atom. The van der Waals surface area contributed by atoms with Gasteiger partial charge < -0.3 is 24.3 Å². The zero-order valence-electron chi connectivity index (χ0n) is 18.1. The summed E-state index contributed by atoms with van der Waals surface area (Å²) in [6.45, 7) is 0.617. The fourth-order valence-corrected chi connectivity index (χ4v) is 4.48. The smallest absolute Gasteiger partial charge is 0.305 e. The van der Waals surface area contributed by atoms with E-state index < -0.39 is 0 Å². The first-order valence-electron chi connectivity index (χ1n) is 10.5. The van der Waals surface area contributed by atoms with Crippen molar-refractivity contribution in [3.05, 3.63) is 78.4 Å². The number of rotatable bonds is 8. The Labute approximate surface area is 193 Å². The second kappa shape index (κ2) is 9.82. The van der Waals surface area contributed by atoms with Crippen molar-refractivity contribution in [1.29, 1.82) is 0 Å². The van der Waals surface area contributed by atoms with Crippen molar-refractivity contribution in [2.75, 3.05) is 20.8 Å². The van der Waals surface area contributed by atoms with Gasteiger partial charge in [-0.1, -0.05) is 18.2 Å². The summed E-state index contributed by atoms with van der Waals surface area (Å²) in [6, 6.07) is 17.7. The third-order valence-electron chi connectivity index (χ3n) is 5.63. The number of esters is 1. The summed E-state index contributed by atoms with van der Waals surface area (Å²) in [4.78, 5) is 18.4. The highest BCUT2D eigenvalue weighted by molar-refractivity contribution is 7.80. The van der Waals surface area contributed by atoms with E-state index in [-0.39, 0.29) is 18.1 Å². The van der Waals surface area contributed by atoms with E-state index >= 15 is 0 Å². The molecule has 0 radical (unpaired) electrons. The molecule has 4 rings (SSSR count). The van der Waals surface area contributed by atoms with Crippen LogP contribution in [0.25, 0.3) is 5.69 Å². The number of thiocarbonyl (C=S) groups is 1. The average molecular weight is 451 g/mol. The summed E-state index contributed by atoms with van der Waals surface area (Å²) in [6.07, 6.45) is 4.78. The van der Waals surface area contributed by atoms with Crippen LogP contribution in [-0.4, -0.2) is 46.3 Å². The number of hydrogen-bond acceptors (Lipinski definition) is 5. The van der Waals surface area contributed by atoms with Crippen molar-refractivity contribution < 1.29 is 14.3 Å². The number of benzene rings is 1. The molecule has 2 unspecified atom stereocenters. The second-order valence-electron chi connectivity index (χ2n) is 7.47. The van der Waals surface area contributed by atoms with Gasteiger partial charge in [-0.05, 0) is 55.0 Å². The highest BCUT2D eigenvalue weighted by atomic mass is 32.1. The maximum Gasteiger partial charge on any atom is 0.305 e. The van der Waals surface area contributed by atoms with Gasteiger partial charge in [0.05, 0.1) is 37.7 Å². The van der Waals surface area contributed by atoms with Gasteiger partial charge in [-0.15, -0.1) is 0 Å². The van der Waals surface area contributed by atoms with Gasteiger partial charge in [-0.2, -0.15) is 0 Å². The maximum absolute atomic E-state index is 11.7. The van der Waals surface area contributed by atoms with E-state index in [9.17, 15) is 4.79 Å². The van der Waals surface area contributed by atoms with Crippen molar-refractivity contribution in [3.63, 3.8) is 0 Å². The molecule has 3 aromatic rings. The van der Waals surface area contributed by atoms with Crippen molar-refractivity contribution in [2.24, 2.45) is 0 Å². The number of nitrogens with zero attached hydrogens (tertiary/aromatic N) is 3. The zero-order valence-corrected chi connectivity index (χ0v) is 18.9. The first-order chi connectivity index (χ1) is 15.6. The van der Waals surface area contributed by atoms with E-state index in [1.54, 1.807) is 13.3 Å². The fraction of sp³-hybridized carbons (Fsp3) is 0.292. The van der Waals surface area contributed by atoms with Crippen LogP contribution in [-0.2, 0) is 9.53 Å². The lowest BCUT2D eigenvalue weighted by atomic mass is 10.0. The minimum atomic E-state index is -0.224. The second-order valence-corrected chi connectivity index (χ2v) is 7.86. The maximum atomic E-state index is 11.7. The van der Waals surface area contributed by atoms with E-state index in [4.69, 9.17) is 21.7 Å². The van der Waals surface area contributed by atoms with Crippen molar-refractivity contribution in [2.45, 2.75) is 24.9 Å². The fourth-order valence-electron chi connectivity index (χ4n) is 4.15. The van der Waals surface area contributed by atoms with Crippen LogP contribution in [0.15, 0.2) is 67.0 Å². The third-order valence-corrected chi connectivity index (χ3v) is 5.99. The van der Waals surface area contributed by atoms with Gasteiger partial charge in [-0.3, -0.25) is 9.78 Å². The average Bonchev–Trinajstić information content (AvgIpc) is 3.43. The van der Waals surface area contributed by atoms with Crippen molar-refractivity contribution >= 4 is 23.3 Å². The molecule has 0 saturated carbocycles. The molecule has 2 atom stereocenters. The molecule has 0 amide bonds. The molecule has 8 heteroatoms. The summed E-state index contributed by atoms with van der Waals surface area (Å²) in [5, 5.41) is 4.09. The predicted molar refractivity (Wildman–Crippen MR) is 126 cm³/mol. The highest BCUT2D eigenvalue weighted by Gasteiger charge is 2.41. The molecule has 166 valence electrons. The Balaban J connectivity index is 1.74. The number of aromatic nitrogens is 2.